The van der Waals surface area contributed by atoms with Crippen molar-refractivity contribution in [2.45, 2.75) is 26.2 Å². The molecule has 0 aliphatic carbocycles. The van der Waals surface area contributed by atoms with Gasteiger partial charge in [0.05, 0.1) is 5.69 Å². The van der Waals surface area contributed by atoms with E-state index in [9.17, 15) is 0 Å². The molecule has 0 saturated carbocycles. The predicted octanol–water partition coefficient (Wildman–Crippen LogP) is 3.07. The van der Waals surface area contributed by atoms with Crippen molar-refractivity contribution in [2.24, 2.45) is 0 Å². The number of aromatic nitrogens is 1. The van der Waals surface area contributed by atoms with E-state index in [0.717, 1.165) is 12.1 Å². The van der Waals surface area contributed by atoms with Gasteiger partial charge in [0.1, 0.15) is 0 Å². The van der Waals surface area contributed by atoms with Crippen molar-refractivity contribution in [3.63, 3.8) is 0 Å². The van der Waals surface area contributed by atoms with E-state index < -0.39 is 0 Å². The van der Waals surface area contributed by atoms with Crippen LogP contribution in [0, 0.1) is 0 Å². The zero-order valence-corrected chi connectivity index (χ0v) is 7.59. The third-order valence-corrected chi connectivity index (χ3v) is 1.88. The fourth-order valence-corrected chi connectivity index (χ4v) is 1.09. The van der Waals surface area contributed by atoms with Crippen molar-refractivity contribution < 1.29 is 0 Å². The summed E-state index contributed by atoms with van der Waals surface area (Å²) in [6, 6.07) is 4.14. The van der Waals surface area contributed by atoms with Crippen LogP contribution in [0.5, 0.6) is 0 Å². The minimum atomic E-state index is 0.954. The molecule has 12 heavy (non-hydrogen) atoms. The monoisotopic (exact) mass is 161 g/mol. The number of pyridine rings is 1. The summed E-state index contributed by atoms with van der Waals surface area (Å²) in [6.07, 6.45) is 7.33. The molecule has 1 rings (SSSR count). The highest BCUT2D eigenvalue weighted by molar-refractivity contribution is 5.41. The van der Waals surface area contributed by atoms with Crippen LogP contribution in [-0.4, -0.2) is 4.98 Å². The first-order chi connectivity index (χ1) is 5.86. The summed E-state index contributed by atoms with van der Waals surface area (Å²) in [4.78, 5) is 4.23. The highest BCUT2D eigenvalue weighted by Crippen LogP contribution is 2.05. The van der Waals surface area contributed by atoms with Crippen LogP contribution in [0.1, 0.15) is 31.0 Å². The van der Waals surface area contributed by atoms with E-state index in [1.165, 1.54) is 18.4 Å². The van der Waals surface area contributed by atoms with E-state index in [4.69, 9.17) is 0 Å². The Bertz CT molecular complexity index is 236. The molecule has 0 fully saturated rings. The second-order valence-electron chi connectivity index (χ2n) is 2.90. The Labute approximate surface area is 74.2 Å². The Hall–Kier alpha value is -1.11. The van der Waals surface area contributed by atoms with Crippen LogP contribution in [0.25, 0.3) is 6.08 Å². The first kappa shape index (κ1) is 8.98. The van der Waals surface area contributed by atoms with Crippen molar-refractivity contribution in [1.29, 1.82) is 0 Å². The summed E-state index contributed by atoms with van der Waals surface area (Å²) in [5, 5.41) is 0. The SMILES string of the molecule is C=Cc1ccc(CCCC)cn1. The van der Waals surface area contributed by atoms with E-state index in [1.807, 2.05) is 12.3 Å². The van der Waals surface area contributed by atoms with E-state index in [-0.39, 0.29) is 0 Å². The van der Waals surface area contributed by atoms with Crippen molar-refractivity contribution in [3.05, 3.63) is 36.2 Å². The second kappa shape index (κ2) is 4.70. The molecule has 0 spiro atoms. The van der Waals surface area contributed by atoms with E-state index >= 15 is 0 Å². The molecule has 64 valence electrons. The van der Waals surface area contributed by atoms with Gasteiger partial charge in [0, 0.05) is 6.20 Å². The van der Waals surface area contributed by atoms with Gasteiger partial charge in [0.2, 0.25) is 0 Å². The first-order valence-corrected chi connectivity index (χ1v) is 4.44. The molecule has 0 aromatic carbocycles. The van der Waals surface area contributed by atoms with Crippen molar-refractivity contribution in [2.75, 3.05) is 0 Å². The molecule has 1 aromatic rings. The normalized spacial score (nSPS) is 9.75. The molecule has 0 N–H and O–H groups in total. The number of hydrogen-bond donors (Lipinski definition) is 0. The van der Waals surface area contributed by atoms with Gasteiger partial charge in [-0.3, -0.25) is 4.98 Å². The van der Waals surface area contributed by atoms with Crippen LogP contribution in [0.3, 0.4) is 0 Å². The molecule has 0 aliphatic heterocycles. The average molecular weight is 161 g/mol. The third kappa shape index (κ3) is 2.50. The van der Waals surface area contributed by atoms with Crippen LogP contribution in [0.15, 0.2) is 24.9 Å². The highest BCUT2D eigenvalue weighted by Gasteiger charge is 1.92. The zero-order chi connectivity index (χ0) is 8.81. The molecular formula is C11H15N. The summed E-state index contributed by atoms with van der Waals surface area (Å²) >= 11 is 0. The zero-order valence-electron chi connectivity index (χ0n) is 7.59. The standard InChI is InChI=1S/C11H15N/c1-3-5-6-10-7-8-11(4-2)12-9-10/h4,7-9H,2-3,5-6H2,1H3. The molecule has 0 radical (unpaired) electrons. The lowest BCUT2D eigenvalue weighted by Crippen LogP contribution is -1.87. The topological polar surface area (TPSA) is 12.9 Å². The Morgan fingerprint density at radius 1 is 1.50 bits per heavy atom. The molecule has 0 aliphatic rings. The van der Waals surface area contributed by atoms with Crippen LogP contribution in [0.4, 0.5) is 0 Å². The minimum absolute atomic E-state index is 0.954. The molecular weight excluding hydrogens is 146 g/mol. The van der Waals surface area contributed by atoms with Crippen LogP contribution in [0.2, 0.25) is 0 Å². The lowest BCUT2D eigenvalue weighted by Gasteiger charge is -1.98. The molecule has 1 heterocycles. The molecule has 1 heteroatoms. The van der Waals surface area contributed by atoms with Gasteiger partial charge >= 0.3 is 0 Å². The van der Waals surface area contributed by atoms with Gasteiger partial charge in [-0.15, -0.1) is 0 Å². The summed E-state index contributed by atoms with van der Waals surface area (Å²) < 4.78 is 0. The highest BCUT2D eigenvalue weighted by atomic mass is 14.7. The van der Waals surface area contributed by atoms with E-state index in [0.29, 0.717) is 0 Å². The van der Waals surface area contributed by atoms with Gasteiger partial charge in [-0.1, -0.05) is 26.0 Å². The summed E-state index contributed by atoms with van der Waals surface area (Å²) in [6.45, 7) is 5.86. The van der Waals surface area contributed by atoms with E-state index in [1.54, 1.807) is 6.08 Å². The van der Waals surface area contributed by atoms with Crippen molar-refractivity contribution in [1.82, 2.24) is 4.98 Å². The molecule has 0 unspecified atom stereocenters. The lowest BCUT2D eigenvalue weighted by molar-refractivity contribution is 0.792. The maximum atomic E-state index is 4.23. The Morgan fingerprint density at radius 3 is 2.83 bits per heavy atom. The Morgan fingerprint density at radius 2 is 2.33 bits per heavy atom. The third-order valence-electron chi connectivity index (χ3n) is 1.88. The Balaban J connectivity index is 2.58. The van der Waals surface area contributed by atoms with E-state index in [2.05, 4.69) is 24.6 Å². The second-order valence-corrected chi connectivity index (χ2v) is 2.90. The first-order valence-electron chi connectivity index (χ1n) is 4.44. The molecule has 0 saturated heterocycles. The summed E-state index contributed by atoms with van der Waals surface area (Å²) in [7, 11) is 0. The maximum absolute atomic E-state index is 4.23. The van der Waals surface area contributed by atoms with Gasteiger partial charge in [-0.05, 0) is 30.5 Å². The minimum Gasteiger partial charge on any atom is -0.257 e. The molecule has 1 nitrogen and oxygen atoms in total. The smallest absolute Gasteiger partial charge is 0.0623 e. The predicted molar refractivity (Wildman–Crippen MR) is 52.9 cm³/mol. The van der Waals surface area contributed by atoms with Crippen LogP contribution < -0.4 is 0 Å². The lowest BCUT2D eigenvalue weighted by atomic mass is 10.1. The number of aryl methyl sites for hydroxylation is 1. The molecule has 1 aromatic heterocycles. The van der Waals surface area contributed by atoms with Gasteiger partial charge in [-0.25, -0.2) is 0 Å². The van der Waals surface area contributed by atoms with Gasteiger partial charge < -0.3 is 0 Å². The van der Waals surface area contributed by atoms with Gasteiger partial charge in [0.25, 0.3) is 0 Å². The van der Waals surface area contributed by atoms with Crippen molar-refractivity contribution in [3.8, 4) is 0 Å². The molecule has 0 bridgehead atoms. The summed E-state index contributed by atoms with van der Waals surface area (Å²) in [5.74, 6) is 0. The number of hydrogen-bond acceptors (Lipinski definition) is 1. The molecule has 0 amide bonds. The fourth-order valence-electron chi connectivity index (χ4n) is 1.09. The average Bonchev–Trinajstić information content (AvgIpc) is 2.15. The summed E-state index contributed by atoms with van der Waals surface area (Å²) in [5.41, 5.74) is 2.28. The maximum Gasteiger partial charge on any atom is 0.0623 e. The number of nitrogens with zero attached hydrogens (tertiary/aromatic N) is 1. The fraction of sp³-hybridized carbons (Fsp3) is 0.364. The van der Waals surface area contributed by atoms with Crippen LogP contribution in [-0.2, 0) is 6.42 Å². The number of rotatable bonds is 4. The van der Waals surface area contributed by atoms with Crippen LogP contribution >= 0.6 is 0 Å². The van der Waals surface area contributed by atoms with Gasteiger partial charge in [0.15, 0.2) is 0 Å². The number of unbranched alkanes of at least 4 members (excludes halogenated alkanes) is 1. The quantitative estimate of drug-likeness (QED) is 0.661. The van der Waals surface area contributed by atoms with Gasteiger partial charge in [-0.2, -0.15) is 0 Å². The Kier molecular flexibility index (Phi) is 3.52. The largest absolute Gasteiger partial charge is 0.257 e. The van der Waals surface area contributed by atoms with Crippen molar-refractivity contribution >= 4 is 6.08 Å². The molecule has 0 atom stereocenters.